The van der Waals surface area contributed by atoms with Crippen LogP contribution in [-0.4, -0.2) is 45.2 Å². The minimum absolute atomic E-state index is 0.164. The molecule has 2 rings (SSSR count). The largest absolute Gasteiger partial charge is 0.394 e. The molecule has 0 bridgehead atoms. The Hall–Kier alpha value is -1.52. The first kappa shape index (κ1) is 15.9. The molecule has 0 saturated carbocycles. The summed E-state index contributed by atoms with van der Waals surface area (Å²) in [6.45, 7) is 1.34. The Kier molecular flexibility index (Phi) is 4.91. The molecule has 9 heteroatoms. The highest BCUT2D eigenvalue weighted by Crippen LogP contribution is 2.36. The summed E-state index contributed by atoms with van der Waals surface area (Å²) in [5, 5.41) is 19.4. The van der Waals surface area contributed by atoms with Gasteiger partial charge in [-0.15, -0.1) is 0 Å². The van der Waals surface area contributed by atoms with Crippen LogP contribution in [-0.2, 0) is 9.57 Å². The van der Waals surface area contributed by atoms with Crippen molar-refractivity contribution >= 4 is 0 Å². The second-order valence-corrected chi connectivity index (χ2v) is 5.04. The third-order valence-electron chi connectivity index (χ3n) is 3.67. The van der Waals surface area contributed by atoms with Crippen molar-refractivity contribution in [1.82, 2.24) is 9.55 Å². The maximum Gasteiger partial charge on any atom is 0.330 e. The van der Waals surface area contributed by atoms with Crippen molar-refractivity contribution in [3.63, 3.8) is 0 Å². The minimum atomic E-state index is -0.964. The lowest BCUT2D eigenvalue weighted by molar-refractivity contribution is -0.0490. The number of aromatic amines is 1. The predicted octanol–water partition coefficient (Wildman–Crippen LogP) is -2.01. The summed E-state index contributed by atoms with van der Waals surface area (Å²) >= 11 is 0. The van der Waals surface area contributed by atoms with Gasteiger partial charge in [-0.1, -0.05) is 0 Å². The maximum absolute atomic E-state index is 11.9. The summed E-state index contributed by atoms with van der Waals surface area (Å²) in [6, 6.07) is 0. The van der Waals surface area contributed by atoms with Gasteiger partial charge in [0, 0.05) is 17.7 Å². The molecule has 1 saturated heterocycles. The molecular weight excluding hydrogens is 282 g/mol. The van der Waals surface area contributed by atoms with Gasteiger partial charge in [0.15, 0.2) is 0 Å². The van der Waals surface area contributed by atoms with Gasteiger partial charge in [-0.25, -0.2) is 10.7 Å². The van der Waals surface area contributed by atoms with E-state index in [-0.39, 0.29) is 13.2 Å². The first-order chi connectivity index (χ1) is 9.99. The maximum atomic E-state index is 11.9. The number of ether oxygens (including phenoxy) is 1. The molecule has 0 spiro atoms. The van der Waals surface area contributed by atoms with Crippen LogP contribution in [0.2, 0.25) is 0 Å². The highest BCUT2D eigenvalue weighted by Gasteiger charge is 2.44. The Morgan fingerprint density at radius 3 is 2.86 bits per heavy atom. The Morgan fingerprint density at radius 1 is 1.52 bits per heavy atom. The van der Waals surface area contributed by atoms with E-state index in [9.17, 15) is 19.8 Å². The van der Waals surface area contributed by atoms with Gasteiger partial charge in [0.2, 0.25) is 0 Å². The van der Waals surface area contributed by atoms with Gasteiger partial charge in [-0.2, -0.15) is 0 Å². The molecule has 118 valence electrons. The van der Waals surface area contributed by atoms with Gasteiger partial charge in [0.1, 0.15) is 12.3 Å². The molecule has 21 heavy (non-hydrogen) atoms. The van der Waals surface area contributed by atoms with Crippen molar-refractivity contribution in [1.29, 1.82) is 0 Å². The lowest BCUT2D eigenvalue weighted by Crippen LogP contribution is -2.36. The summed E-state index contributed by atoms with van der Waals surface area (Å²) < 4.78 is 6.74. The van der Waals surface area contributed by atoms with Gasteiger partial charge >= 0.3 is 5.69 Å². The molecule has 0 aliphatic carbocycles. The van der Waals surface area contributed by atoms with E-state index in [0.717, 1.165) is 0 Å². The van der Waals surface area contributed by atoms with Gasteiger partial charge in [0.25, 0.3) is 5.56 Å². The van der Waals surface area contributed by atoms with E-state index >= 15 is 0 Å². The van der Waals surface area contributed by atoms with Gasteiger partial charge in [-0.05, 0) is 13.3 Å². The fourth-order valence-electron chi connectivity index (χ4n) is 2.52. The molecule has 0 aromatic carbocycles. The van der Waals surface area contributed by atoms with Crippen molar-refractivity contribution in [3.05, 3.63) is 32.6 Å². The monoisotopic (exact) mass is 301 g/mol. The molecule has 1 aromatic rings. The summed E-state index contributed by atoms with van der Waals surface area (Å²) in [5.74, 6) is 4.50. The third-order valence-corrected chi connectivity index (χ3v) is 3.67. The van der Waals surface area contributed by atoms with Crippen LogP contribution < -0.4 is 17.1 Å². The number of aliphatic hydroxyl groups excluding tert-OH is 2. The number of hydrogen-bond acceptors (Lipinski definition) is 7. The summed E-state index contributed by atoms with van der Waals surface area (Å²) in [6.07, 6.45) is -0.875. The lowest BCUT2D eigenvalue weighted by atomic mass is 9.96. The lowest BCUT2D eigenvalue weighted by Gasteiger charge is -2.21. The fourth-order valence-corrected chi connectivity index (χ4v) is 2.52. The van der Waals surface area contributed by atoms with Crippen LogP contribution in [0.25, 0.3) is 0 Å². The van der Waals surface area contributed by atoms with Gasteiger partial charge in [-0.3, -0.25) is 14.3 Å². The highest BCUT2D eigenvalue weighted by molar-refractivity contribution is 5.03. The van der Waals surface area contributed by atoms with Crippen molar-refractivity contribution in [2.75, 3.05) is 13.2 Å². The molecule has 4 atom stereocenters. The van der Waals surface area contributed by atoms with Crippen LogP contribution >= 0.6 is 0 Å². The van der Waals surface area contributed by atoms with E-state index in [1.165, 1.54) is 10.8 Å². The fraction of sp³-hybridized carbons (Fsp3) is 0.667. The van der Waals surface area contributed by atoms with E-state index in [2.05, 4.69) is 9.82 Å². The number of nitrogens with zero attached hydrogens (tertiary/aromatic N) is 1. The zero-order chi connectivity index (χ0) is 15.6. The second kappa shape index (κ2) is 6.50. The van der Waals surface area contributed by atoms with Crippen LogP contribution in [0.3, 0.4) is 0 Å². The van der Waals surface area contributed by atoms with Crippen LogP contribution in [0.5, 0.6) is 0 Å². The van der Waals surface area contributed by atoms with Crippen molar-refractivity contribution < 1.29 is 19.8 Å². The zero-order valence-electron chi connectivity index (χ0n) is 11.6. The molecule has 1 aliphatic heterocycles. The molecular formula is C12H19N3O6. The van der Waals surface area contributed by atoms with Crippen molar-refractivity contribution in [2.24, 2.45) is 11.8 Å². The number of aryl methyl sites for hydroxylation is 1. The first-order valence-corrected chi connectivity index (χ1v) is 6.57. The second-order valence-electron chi connectivity index (χ2n) is 5.04. The minimum Gasteiger partial charge on any atom is -0.394 e. The Morgan fingerprint density at radius 2 is 2.24 bits per heavy atom. The van der Waals surface area contributed by atoms with Crippen LogP contribution in [0.4, 0.5) is 0 Å². The highest BCUT2D eigenvalue weighted by atomic mass is 16.6. The summed E-state index contributed by atoms with van der Waals surface area (Å²) in [5.41, 5.74) is -0.774. The predicted molar refractivity (Wildman–Crippen MR) is 71.3 cm³/mol. The number of hydrogen-bond donors (Lipinski definition) is 4. The smallest absolute Gasteiger partial charge is 0.330 e. The molecule has 1 unspecified atom stereocenters. The van der Waals surface area contributed by atoms with E-state index in [0.29, 0.717) is 12.0 Å². The van der Waals surface area contributed by atoms with E-state index in [4.69, 9.17) is 10.6 Å². The van der Waals surface area contributed by atoms with Crippen LogP contribution in [0, 0.1) is 12.8 Å². The number of aromatic nitrogens is 2. The molecule has 2 heterocycles. The number of nitrogens with two attached hydrogens (primary N) is 1. The average Bonchev–Trinajstić information content (AvgIpc) is 2.77. The molecule has 0 amide bonds. The number of H-pyrrole nitrogens is 1. The van der Waals surface area contributed by atoms with Crippen LogP contribution in [0.15, 0.2) is 15.8 Å². The van der Waals surface area contributed by atoms with Crippen molar-refractivity contribution in [3.8, 4) is 0 Å². The molecule has 9 nitrogen and oxygen atoms in total. The standard InChI is InChI=1S/C12H19N3O6/c1-6-4-15(12(19)14-10(6)18)11-7(2-3-20-13)9(17)8(5-16)21-11/h4,7-9,11,16-17H,2-3,5,13H2,1H3,(H,14,18,19)/t7?,8-,9+,11-/m1/s1. The quantitative estimate of drug-likeness (QED) is 0.461. The van der Waals surface area contributed by atoms with Gasteiger partial charge < -0.3 is 19.8 Å². The number of aliphatic hydroxyl groups is 2. The molecule has 0 radical (unpaired) electrons. The summed E-state index contributed by atoms with van der Waals surface area (Å²) in [7, 11) is 0. The topological polar surface area (TPSA) is 140 Å². The molecule has 5 N–H and O–H groups in total. The average molecular weight is 301 g/mol. The molecule has 1 aliphatic rings. The SMILES string of the molecule is Cc1cn([C@@H]2O[C@H](CO)[C@@H](O)C2CCON)c(=O)[nH]c1=O. The summed E-state index contributed by atoms with van der Waals surface area (Å²) in [4.78, 5) is 30.0. The molecule has 1 aromatic heterocycles. The van der Waals surface area contributed by atoms with E-state index < -0.39 is 35.6 Å². The Balaban J connectivity index is 2.37. The van der Waals surface area contributed by atoms with E-state index in [1.54, 1.807) is 6.92 Å². The first-order valence-electron chi connectivity index (χ1n) is 6.57. The number of nitrogens with one attached hydrogen (secondary N) is 1. The molecule has 1 fully saturated rings. The zero-order valence-corrected chi connectivity index (χ0v) is 11.6. The Labute approximate surface area is 119 Å². The normalized spacial score (nSPS) is 29.0. The van der Waals surface area contributed by atoms with Gasteiger partial charge in [0.05, 0.1) is 19.3 Å². The Bertz CT molecular complexity index is 597. The third kappa shape index (κ3) is 3.06. The van der Waals surface area contributed by atoms with E-state index in [1.807, 2.05) is 0 Å². The van der Waals surface area contributed by atoms with Crippen LogP contribution in [0.1, 0.15) is 18.2 Å². The van der Waals surface area contributed by atoms with Crippen molar-refractivity contribution in [2.45, 2.75) is 31.8 Å². The number of rotatable bonds is 5.